The van der Waals surface area contributed by atoms with Gasteiger partial charge in [0.05, 0.1) is 7.11 Å². The lowest BCUT2D eigenvalue weighted by Crippen LogP contribution is -2.14. The molecule has 0 unspecified atom stereocenters. The Morgan fingerprint density at radius 3 is 2.78 bits per heavy atom. The highest BCUT2D eigenvalue weighted by atomic mass is 32.2. The second-order valence-electron chi connectivity index (χ2n) is 3.56. The highest BCUT2D eigenvalue weighted by Crippen LogP contribution is 2.35. The Labute approximate surface area is 114 Å². The van der Waals surface area contributed by atoms with Crippen molar-refractivity contribution in [2.75, 3.05) is 7.11 Å². The average molecular weight is 280 g/mol. The largest absolute Gasteiger partial charge is 0.468 e. The summed E-state index contributed by atoms with van der Waals surface area (Å²) in [6.07, 6.45) is 0. The lowest BCUT2D eigenvalue weighted by Gasteiger charge is -2.07. The summed E-state index contributed by atoms with van der Waals surface area (Å²) in [7, 11) is 1.39. The summed E-state index contributed by atoms with van der Waals surface area (Å²) < 4.78 is 9.60. The van der Waals surface area contributed by atoms with E-state index < -0.39 is 0 Å². The molecule has 0 radical (unpaired) electrons. The molecule has 2 aromatic rings. The lowest BCUT2D eigenvalue weighted by atomic mass is 10.2. The van der Waals surface area contributed by atoms with Gasteiger partial charge in [0, 0.05) is 5.56 Å². The van der Waals surface area contributed by atoms with Crippen molar-refractivity contribution in [2.45, 2.75) is 16.4 Å². The van der Waals surface area contributed by atoms with E-state index in [1.165, 1.54) is 30.4 Å². The summed E-state index contributed by atoms with van der Waals surface area (Å²) in [5.41, 5.74) is 1.83. The van der Waals surface area contributed by atoms with Crippen molar-refractivity contribution in [1.82, 2.24) is 9.59 Å². The average Bonchev–Trinajstić information content (AvgIpc) is 2.86. The summed E-state index contributed by atoms with van der Waals surface area (Å²) in [5.74, 6) is -0.243. The Balaban J connectivity index is 2.21. The third kappa shape index (κ3) is 2.88. The van der Waals surface area contributed by atoms with Crippen molar-refractivity contribution in [1.29, 1.82) is 0 Å². The van der Waals surface area contributed by atoms with E-state index in [-0.39, 0.29) is 11.2 Å². The Bertz CT molecular complexity index is 528. The standard InChI is InChI=1S/C12H12N2O2S2/c1-8(11(15)16-2)17-12-10(13-14-18-12)9-6-4-3-5-7-9/h3-8H,1-2H3/t8-/m0/s1. The molecule has 0 N–H and O–H groups in total. The second kappa shape index (κ2) is 5.97. The Morgan fingerprint density at radius 1 is 1.39 bits per heavy atom. The minimum atomic E-state index is -0.264. The quantitative estimate of drug-likeness (QED) is 0.636. The molecule has 0 amide bonds. The SMILES string of the molecule is COC(=O)[C@H](C)Sc1snnc1-c1ccccc1. The third-order valence-electron chi connectivity index (χ3n) is 2.32. The maximum absolute atomic E-state index is 11.4. The molecule has 94 valence electrons. The Morgan fingerprint density at radius 2 is 2.11 bits per heavy atom. The monoisotopic (exact) mass is 280 g/mol. The van der Waals surface area contributed by atoms with Gasteiger partial charge in [-0.2, -0.15) is 0 Å². The molecule has 18 heavy (non-hydrogen) atoms. The molecule has 1 heterocycles. The molecule has 0 saturated carbocycles. The Kier molecular flexibility index (Phi) is 4.33. The van der Waals surface area contributed by atoms with Crippen LogP contribution in [0.25, 0.3) is 11.3 Å². The summed E-state index contributed by atoms with van der Waals surface area (Å²) >= 11 is 2.72. The summed E-state index contributed by atoms with van der Waals surface area (Å²) in [4.78, 5) is 11.4. The maximum Gasteiger partial charge on any atom is 0.318 e. The van der Waals surface area contributed by atoms with Crippen molar-refractivity contribution in [3.63, 3.8) is 0 Å². The zero-order chi connectivity index (χ0) is 13.0. The van der Waals surface area contributed by atoms with Gasteiger partial charge in [0.15, 0.2) is 0 Å². The van der Waals surface area contributed by atoms with Gasteiger partial charge >= 0.3 is 5.97 Å². The highest BCUT2D eigenvalue weighted by molar-refractivity contribution is 8.02. The topological polar surface area (TPSA) is 52.1 Å². The number of benzene rings is 1. The number of thioether (sulfide) groups is 1. The molecule has 1 aromatic carbocycles. The van der Waals surface area contributed by atoms with Crippen LogP contribution < -0.4 is 0 Å². The number of aromatic nitrogens is 2. The fourth-order valence-corrected chi connectivity index (χ4v) is 3.34. The number of nitrogens with zero attached hydrogens (tertiary/aromatic N) is 2. The molecule has 4 nitrogen and oxygen atoms in total. The van der Waals surface area contributed by atoms with Crippen LogP contribution in [-0.2, 0) is 9.53 Å². The van der Waals surface area contributed by atoms with Crippen LogP contribution in [0.3, 0.4) is 0 Å². The molecule has 0 aliphatic carbocycles. The zero-order valence-corrected chi connectivity index (χ0v) is 11.6. The molecule has 0 spiro atoms. The molecular weight excluding hydrogens is 268 g/mol. The van der Waals surface area contributed by atoms with Crippen molar-refractivity contribution >= 4 is 29.3 Å². The first-order valence-electron chi connectivity index (χ1n) is 5.34. The summed E-state index contributed by atoms with van der Waals surface area (Å²) in [6.45, 7) is 1.81. The first-order chi connectivity index (χ1) is 8.72. The molecule has 6 heteroatoms. The predicted octanol–water partition coefficient (Wildman–Crippen LogP) is 2.86. The van der Waals surface area contributed by atoms with Crippen LogP contribution >= 0.6 is 23.3 Å². The van der Waals surface area contributed by atoms with Crippen LogP contribution in [0.15, 0.2) is 34.5 Å². The smallest absolute Gasteiger partial charge is 0.318 e. The van der Waals surface area contributed by atoms with E-state index in [0.717, 1.165) is 15.5 Å². The molecule has 0 aliphatic heterocycles. The minimum absolute atomic E-state index is 0.243. The first-order valence-corrected chi connectivity index (χ1v) is 7.00. The number of ether oxygens (including phenoxy) is 1. The van der Waals surface area contributed by atoms with E-state index >= 15 is 0 Å². The van der Waals surface area contributed by atoms with Gasteiger partial charge in [0.2, 0.25) is 0 Å². The van der Waals surface area contributed by atoms with Crippen LogP contribution in [-0.4, -0.2) is 27.9 Å². The number of carbonyl (C=O) groups is 1. The van der Waals surface area contributed by atoms with Crippen molar-refractivity contribution in [3.05, 3.63) is 30.3 Å². The van der Waals surface area contributed by atoms with Gasteiger partial charge < -0.3 is 4.74 Å². The first kappa shape index (κ1) is 13.0. The van der Waals surface area contributed by atoms with E-state index in [1.54, 1.807) is 0 Å². The van der Waals surface area contributed by atoms with Crippen LogP contribution in [0.5, 0.6) is 0 Å². The molecule has 2 rings (SSSR count). The second-order valence-corrected chi connectivity index (χ2v) is 5.92. The number of rotatable bonds is 4. The van der Waals surface area contributed by atoms with Gasteiger partial charge in [0.1, 0.15) is 15.2 Å². The maximum atomic E-state index is 11.4. The van der Waals surface area contributed by atoms with E-state index in [2.05, 4.69) is 9.59 Å². The van der Waals surface area contributed by atoms with Crippen LogP contribution in [0, 0.1) is 0 Å². The fraction of sp³-hybridized carbons (Fsp3) is 0.250. The zero-order valence-electron chi connectivity index (χ0n) is 9.99. The predicted molar refractivity (Wildman–Crippen MR) is 72.7 cm³/mol. The third-order valence-corrected chi connectivity index (χ3v) is 4.31. The van der Waals surface area contributed by atoms with E-state index in [0.29, 0.717) is 0 Å². The summed E-state index contributed by atoms with van der Waals surface area (Å²) in [6, 6.07) is 9.81. The number of hydrogen-bond donors (Lipinski definition) is 0. The van der Waals surface area contributed by atoms with Gasteiger partial charge in [-0.05, 0) is 18.5 Å². The van der Waals surface area contributed by atoms with Gasteiger partial charge in [-0.1, -0.05) is 46.6 Å². The normalized spacial score (nSPS) is 12.1. The Hall–Kier alpha value is -1.40. The van der Waals surface area contributed by atoms with Gasteiger partial charge in [-0.25, -0.2) is 0 Å². The van der Waals surface area contributed by atoms with Gasteiger partial charge in [-0.15, -0.1) is 5.10 Å². The summed E-state index contributed by atoms with van der Waals surface area (Å²) in [5, 5.41) is 3.86. The fourth-order valence-electron chi connectivity index (χ4n) is 1.41. The molecule has 1 aromatic heterocycles. The number of hydrogen-bond acceptors (Lipinski definition) is 6. The van der Waals surface area contributed by atoms with Crippen molar-refractivity contribution < 1.29 is 9.53 Å². The highest BCUT2D eigenvalue weighted by Gasteiger charge is 2.19. The van der Waals surface area contributed by atoms with E-state index in [1.807, 2.05) is 37.3 Å². The molecular formula is C12H12N2O2S2. The van der Waals surface area contributed by atoms with Crippen molar-refractivity contribution in [2.24, 2.45) is 0 Å². The van der Waals surface area contributed by atoms with E-state index in [9.17, 15) is 4.79 Å². The molecule has 0 fully saturated rings. The van der Waals surface area contributed by atoms with Gasteiger partial charge in [-0.3, -0.25) is 4.79 Å². The molecule has 0 bridgehead atoms. The lowest BCUT2D eigenvalue weighted by molar-refractivity contribution is -0.139. The minimum Gasteiger partial charge on any atom is -0.468 e. The van der Waals surface area contributed by atoms with E-state index in [4.69, 9.17) is 4.74 Å². The van der Waals surface area contributed by atoms with Gasteiger partial charge in [0.25, 0.3) is 0 Å². The molecule has 0 saturated heterocycles. The molecule has 0 aliphatic rings. The van der Waals surface area contributed by atoms with Crippen LogP contribution in [0.4, 0.5) is 0 Å². The number of methoxy groups -OCH3 is 1. The van der Waals surface area contributed by atoms with Crippen LogP contribution in [0.2, 0.25) is 0 Å². The number of esters is 1. The van der Waals surface area contributed by atoms with Crippen molar-refractivity contribution in [3.8, 4) is 11.3 Å². The number of carbonyl (C=O) groups excluding carboxylic acids is 1. The van der Waals surface area contributed by atoms with Crippen LogP contribution in [0.1, 0.15) is 6.92 Å². The molecule has 1 atom stereocenters.